The monoisotopic (exact) mass is 271 g/mol. The Labute approximate surface area is 107 Å². The summed E-state index contributed by atoms with van der Waals surface area (Å²) < 4.78 is 24.0. The molecule has 17 heavy (non-hydrogen) atoms. The summed E-state index contributed by atoms with van der Waals surface area (Å²) in [6.45, 7) is 3.20. The summed E-state index contributed by atoms with van der Waals surface area (Å²) in [5.74, 6) is 0.0580. The van der Waals surface area contributed by atoms with E-state index in [-0.39, 0.29) is 24.9 Å². The number of nitrogens with zero attached hydrogens (tertiary/aromatic N) is 2. The summed E-state index contributed by atoms with van der Waals surface area (Å²) in [6.07, 6.45) is -2.01. The SMILES string of the molecule is CN(CCC(=O)N1CCNCC1)CC(F)F.Cl. The molecular formula is C10H20ClF2N3O. The Bertz CT molecular complexity index is 226. The number of hydrogen-bond donors (Lipinski definition) is 1. The summed E-state index contributed by atoms with van der Waals surface area (Å²) >= 11 is 0. The van der Waals surface area contributed by atoms with Crippen molar-refractivity contribution in [3.8, 4) is 0 Å². The molecule has 0 aromatic rings. The minimum atomic E-state index is -2.33. The third kappa shape index (κ3) is 6.75. The van der Waals surface area contributed by atoms with E-state index in [0.29, 0.717) is 13.0 Å². The van der Waals surface area contributed by atoms with Gasteiger partial charge in [0.05, 0.1) is 6.54 Å². The summed E-state index contributed by atoms with van der Waals surface area (Å²) in [5, 5.41) is 3.16. The van der Waals surface area contributed by atoms with Crippen LogP contribution in [0.2, 0.25) is 0 Å². The lowest BCUT2D eigenvalue weighted by Crippen LogP contribution is -2.47. The largest absolute Gasteiger partial charge is 0.340 e. The van der Waals surface area contributed by atoms with Gasteiger partial charge in [0.1, 0.15) is 0 Å². The summed E-state index contributed by atoms with van der Waals surface area (Å²) in [4.78, 5) is 14.9. The van der Waals surface area contributed by atoms with Crippen LogP contribution in [0.1, 0.15) is 6.42 Å². The zero-order valence-corrected chi connectivity index (χ0v) is 10.8. The molecule has 1 rings (SSSR count). The minimum Gasteiger partial charge on any atom is -0.340 e. The average molecular weight is 272 g/mol. The molecular weight excluding hydrogens is 252 g/mol. The number of hydrogen-bond acceptors (Lipinski definition) is 3. The highest BCUT2D eigenvalue weighted by molar-refractivity contribution is 5.85. The molecule has 0 aliphatic carbocycles. The van der Waals surface area contributed by atoms with Crippen molar-refractivity contribution in [2.24, 2.45) is 0 Å². The van der Waals surface area contributed by atoms with Crippen LogP contribution in [0.15, 0.2) is 0 Å². The number of rotatable bonds is 5. The zero-order valence-electron chi connectivity index (χ0n) is 9.99. The topological polar surface area (TPSA) is 35.6 Å². The molecule has 102 valence electrons. The molecule has 0 spiro atoms. The minimum absolute atomic E-state index is 0. The van der Waals surface area contributed by atoms with Crippen LogP contribution in [0.4, 0.5) is 8.78 Å². The highest BCUT2D eigenvalue weighted by Gasteiger charge is 2.16. The fourth-order valence-electron chi connectivity index (χ4n) is 1.69. The van der Waals surface area contributed by atoms with Gasteiger partial charge in [0.2, 0.25) is 5.91 Å². The number of piperazine rings is 1. The number of carbonyl (C=O) groups is 1. The molecule has 0 bridgehead atoms. The van der Waals surface area contributed by atoms with E-state index in [2.05, 4.69) is 5.32 Å². The van der Waals surface area contributed by atoms with Gasteiger partial charge in [-0.25, -0.2) is 8.78 Å². The van der Waals surface area contributed by atoms with Crippen LogP contribution in [0.5, 0.6) is 0 Å². The normalized spacial score (nSPS) is 16.2. The Morgan fingerprint density at radius 2 is 2.00 bits per heavy atom. The van der Waals surface area contributed by atoms with E-state index in [1.807, 2.05) is 0 Å². The quantitative estimate of drug-likeness (QED) is 0.788. The van der Waals surface area contributed by atoms with Gasteiger partial charge in [0.25, 0.3) is 6.43 Å². The van der Waals surface area contributed by atoms with E-state index in [1.165, 1.54) is 4.90 Å². The first-order valence-electron chi connectivity index (χ1n) is 5.55. The number of halogens is 3. The van der Waals surface area contributed by atoms with Gasteiger partial charge < -0.3 is 15.1 Å². The van der Waals surface area contributed by atoms with Crippen molar-refractivity contribution < 1.29 is 13.6 Å². The predicted molar refractivity (Wildman–Crippen MR) is 64.8 cm³/mol. The molecule has 0 aromatic carbocycles. The van der Waals surface area contributed by atoms with Gasteiger partial charge in [-0.1, -0.05) is 0 Å². The first-order valence-corrected chi connectivity index (χ1v) is 5.55. The van der Waals surface area contributed by atoms with Crippen molar-refractivity contribution in [1.82, 2.24) is 15.1 Å². The molecule has 1 amide bonds. The van der Waals surface area contributed by atoms with Gasteiger partial charge in [-0.15, -0.1) is 12.4 Å². The first kappa shape index (κ1) is 16.5. The van der Waals surface area contributed by atoms with Gasteiger partial charge >= 0.3 is 0 Å². The molecule has 0 radical (unpaired) electrons. The zero-order chi connectivity index (χ0) is 12.0. The highest BCUT2D eigenvalue weighted by atomic mass is 35.5. The molecule has 1 saturated heterocycles. The van der Waals surface area contributed by atoms with Crippen LogP contribution in [-0.4, -0.2) is 68.4 Å². The van der Waals surface area contributed by atoms with Crippen molar-refractivity contribution in [1.29, 1.82) is 0 Å². The number of carbonyl (C=O) groups excluding carboxylic acids is 1. The summed E-state index contributed by atoms with van der Waals surface area (Å²) in [5.41, 5.74) is 0. The third-order valence-electron chi connectivity index (χ3n) is 2.63. The maximum Gasteiger partial charge on any atom is 0.251 e. The lowest BCUT2D eigenvalue weighted by Gasteiger charge is -2.28. The van der Waals surface area contributed by atoms with Crippen molar-refractivity contribution >= 4 is 18.3 Å². The van der Waals surface area contributed by atoms with Gasteiger partial charge in [0.15, 0.2) is 0 Å². The summed E-state index contributed by atoms with van der Waals surface area (Å²) in [6, 6.07) is 0. The molecule has 0 atom stereocenters. The molecule has 0 unspecified atom stereocenters. The lowest BCUT2D eigenvalue weighted by molar-refractivity contribution is -0.132. The maximum atomic E-state index is 12.0. The second-order valence-electron chi connectivity index (χ2n) is 4.03. The Morgan fingerprint density at radius 3 is 2.53 bits per heavy atom. The molecule has 4 nitrogen and oxygen atoms in total. The van der Waals surface area contributed by atoms with Crippen LogP contribution in [-0.2, 0) is 4.79 Å². The standard InChI is InChI=1S/C10H19F2N3O.ClH/c1-14(8-9(11)12)5-2-10(16)15-6-3-13-4-7-15;/h9,13H,2-8H2,1H3;1H. The number of amides is 1. The Hall–Kier alpha value is -0.460. The Balaban J connectivity index is 0.00000256. The van der Waals surface area contributed by atoms with Crippen molar-refractivity contribution in [3.05, 3.63) is 0 Å². The third-order valence-corrected chi connectivity index (χ3v) is 2.63. The molecule has 1 aliphatic rings. The fourth-order valence-corrected chi connectivity index (χ4v) is 1.69. The second kappa shape index (κ2) is 8.60. The first-order chi connectivity index (χ1) is 7.59. The van der Waals surface area contributed by atoms with Gasteiger partial charge in [0, 0.05) is 39.1 Å². The summed E-state index contributed by atoms with van der Waals surface area (Å²) in [7, 11) is 1.61. The second-order valence-corrected chi connectivity index (χ2v) is 4.03. The number of nitrogens with one attached hydrogen (secondary N) is 1. The average Bonchev–Trinajstić information content (AvgIpc) is 2.26. The van der Waals surface area contributed by atoms with Crippen molar-refractivity contribution in [2.75, 3.05) is 46.3 Å². The molecule has 7 heteroatoms. The Kier molecular flexibility index (Phi) is 8.37. The lowest BCUT2D eigenvalue weighted by atomic mass is 10.3. The van der Waals surface area contributed by atoms with E-state index in [4.69, 9.17) is 0 Å². The van der Waals surface area contributed by atoms with E-state index < -0.39 is 6.43 Å². The van der Waals surface area contributed by atoms with Gasteiger partial charge in [-0.2, -0.15) is 0 Å². The molecule has 0 saturated carbocycles. The molecule has 1 aliphatic heterocycles. The van der Waals surface area contributed by atoms with Crippen LogP contribution in [0.25, 0.3) is 0 Å². The van der Waals surface area contributed by atoms with Crippen molar-refractivity contribution in [3.63, 3.8) is 0 Å². The van der Waals surface area contributed by atoms with Crippen LogP contribution in [0, 0.1) is 0 Å². The van der Waals surface area contributed by atoms with E-state index in [1.54, 1.807) is 11.9 Å². The van der Waals surface area contributed by atoms with Crippen LogP contribution in [0.3, 0.4) is 0 Å². The maximum absolute atomic E-state index is 12.0. The van der Waals surface area contributed by atoms with Gasteiger partial charge in [-0.3, -0.25) is 4.79 Å². The van der Waals surface area contributed by atoms with Crippen LogP contribution < -0.4 is 5.32 Å². The van der Waals surface area contributed by atoms with E-state index in [0.717, 1.165) is 26.2 Å². The van der Waals surface area contributed by atoms with Crippen LogP contribution >= 0.6 is 12.4 Å². The molecule has 1 heterocycles. The van der Waals surface area contributed by atoms with Gasteiger partial charge in [-0.05, 0) is 7.05 Å². The number of alkyl halides is 2. The Morgan fingerprint density at radius 1 is 1.41 bits per heavy atom. The van der Waals surface area contributed by atoms with E-state index >= 15 is 0 Å². The smallest absolute Gasteiger partial charge is 0.251 e. The molecule has 0 aromatic heterocycles. The molecule has 1 N–H and O–H groups in total. The fraction of sp³-hybridized carbons (Fsp3) is 0.900. The van der Waals surface area contributed by atoms with Crippen molar-refractivity contribution in [2.45, 2.75) is 12.8 Å². The van der Waals surface area contributed by atoms with E-state index in [9.17, 15) is 13.6 Å². The predicted octanol–water partition coefficient (Wildman–Crippen LogP) is 0.427. The molecule has 1 fully saturated rings. The highest BCUT2D eigenvalue weighted by Crippen LogP contribution is 2.00.